The van der Waals surface area contributed by atoms with Crippen LogP contribution in [0.25, 0.3) is 0 Å². The molecule has 0 saturated carbocycles. The molecule has 1 aromatic carbocycles. The number of halogens is 2. The average Bonchev–Trinajstić information content (AvgIpc) is 2.32. The quantitative estimate of drug-likeness (QED) is 0.904. The van der Waals surface area contributed by atoms with Crippen molar-refractivity contribution in [2.24, 2.45) is 0 Å². The van der Waals surface area contributed by atoms with Crippen molar-refractivity contribution in [1.29, 1.82) is 0 Å². The molecule has 96 valence electrons. The summed E-state index contributed by atoms with van der Waals surface area (Å²) in [6.07, 6.45) is 0.541. The van der Waals surface area contributed by atoms with E-state index in [0.717, 1.165) is 5.56 Å². The normalized spacial score (nSPS) is 16.6. The highest BCUT2D eigenvalue weighted by Crippen LogP contribution is 2.24. The van der Waals surface area contributed by atoms with Crippen LogP contribution in [0.3, 0.4) is 0 Å². The maximum absolute atomic E-state index is 13.1. The van der Waals surface area contributed by atoms with Gasteiger partial charge in [0.25, 0.3) is 0 Å². The van der Waals surface area contributed by atoms with E-state index in [1.807, 2.05) is 13.8 Å². The van der Waals surface area contributed by atoms with Crippen molar-refractivity contribution in [3.05, 3.63) is 34.1 Å². The molecule has 0 aliphatic carbocycles. The second kappa shape index (κ2) is 5.94. The summed E-state index contributed by atoms with van der Waals surface area (Å²) < 4.78 is 18.8. The van der Waals surface area contributed by atoms with E-state index in [-0.39, 0.29) is 5.82 Å². The third kappa shape index (κ3) is 3.50. The van der Waals surface area contributed by atoms with E-state index < -0.39 is 11.7 Å². The molecule has 2 unspecified atom stereocenters. The van der Waals surface area contributed by atoms with Crippen LogP contribution in [0.1, 0.15) is 25.8 Å². The molecule has 0 bridgehead atoms. The third-order valence-electron chi connectivity index (χ3n) is 3.29. The summed E-state index contributed by atoms with van der Waals surface area (Å²) in [6.45, 7) is 3.84. The summed E-state index contributed by atoms with van der Waals surface area (Å²) in [7, 11) is 1.59. The second-order valence-corrected chi connectivity index (χ2v) is 5.19. The fourth-order valence-electron chi connectivity index (χ4n) is 1.62. The fourth-order valence-corrected chi connectivity index (χ4v) is 2.05. The number of benzene rings is 1. The van der Waals surface area contributed by atoms with Crippen LogP contribution in [0.5, 0.6) is 0 Å². The van der Waals surface area contributed by atoms with Crippen molar-refractivity contribution in [3.63, 3.8) is 0 Å². The van der Waals surface area contributed by atoms with E-state index in [1.165, 1.54) is 6.07 Å². The molecule has 17 heavy (non-hydrogen) atoms. The van der Waals surface area contributed by atoms with Crippen LogP contribution in [0, 0.1) is 5.82 Å². The van der Waals surface area contributed by atoms with Gasteiger partial charge in [0.1, 0.15) is 5.82 Å². The van der Waals surface area contributed by atoms with Gasteiger partial charge >= 0.3 is 0 Å². The van der Waals surface area contributed by atoms with Gasteiger partial charge in [0.2, 0.25) is 0 Å². The minimum absolute atomic E-state index is 0.298. The molecule has 0 aliphatic heterocycles. The molecule has 0 amide bonds. The Balaban J connectivity index is 2.80. The van der Waals surface area contributed by atoms with E-state index >= 15 is 0 Å². The van der Waals surface area contributed by atoms with Crippen molar-refractivity contribution in [1.82, 2.24) is 0 Å². The number of hydrogen-bond acceptors (Lipinski definition) is 2. The molecule has 0 saturated heterocycles. The number of aliphatic hydroxyl groups is 1. The Hall–Kier alpha value is -0.450. The molecule has 2 atom stereocenters. The minimum atomic E-state index is -0.616. The van der Waals surface area contributed by atoms with Crippen LogP contribution >= 0.6 is 15.9 Å². The fraction of sp³-hybridized carbons (Fsp3) is 0.538. The first-order valence-electron chi connectivity index (χ1n) is 5.60. The van der Waals surface area contributed by atoms with Crippen LogP contribution in [0.15, 0.2) is 22.7 Å². The second-order valence-electron chi connectivity index (χ2n) is 4.34. The van der Waals surface area contributed by atoms with Gasteiger partial charge in [-0.1, -0.05) is 13.0 Å². The van der Waals surface area contributed by atoms with Crippen molar-refractivity contribution < 1.29 is 14.2 Å². The molecule has 0 aromatic heterocycles. The van der Waals surface area contributed by atoms with E-state index in [4.69, 9.17) is 4.74 Å². The lowest BCUT2D eigenvalue weighted by Crippen LogP contribution is -2.42. The Morgan fingerprint density at radius 1 is 1.53 bits per heavy atom. The third-order valence-corrected chi connectivity index (χ3v) is 3.89. The SMILES string of the molecule is CCC(C)(OC)C(O)Cc1ccc(F)c(Br)c1. The van der Waals surface area contributed by atoms with Gasteiger partial charge in [-0.05, 0) is 47.0 Å². The summed E-state index contributed by atoms with van der Waals surface area (Å²) in [6, 6.07) is 4.75. The number of rotatable bonds is 5. The van der Waals surface area contributed by atoms with E-state index in [2.05, 4.69) is 15.9 Å². The lowest BCUT2D eigenvalue weighted by molar-refractivity contribution is -0.0914. The van der Waals surface area contributed by atoms with E-state index in [1.54, 1.807) is 19.2 Å². The molecule has 0 heterocycles. The van der Waals surface area contributed by atoms with Gasteiger partial charge in [-0.25, -0.2) is 4.39 Å². The zero-order valence-corrected chi connectivity index (χ0v) is 11.9. The standard InChI is InChI=1S/C13H18BrFO2/c1-4-13(2,17-3)12(16)8-9-5-6-11(15)10(14)7-9/h5-7,12,16H,4,8H2,1-3H3. The van der Waals surface area contributed by atoms with Gasteiger partial charge in [-0.15, -0.1) is 0 Å². The lowest BCUT2D eigenvalue weighted by Gasteiger charge is -2.32. The highest BCUT2D eigenvalue weighted by atomic mass is 79.9. The van der Waals surface area contributed by atoms with Gasteiger partial charge in [0, 0.05) is 13.5 Å². The van der Waals surface area contributed by atoms with Crippen LogP contribution in [-0.2, 0) is 11.2 Å². The molecule has 0 radical (unpaired) electrons. The lowest BCUT2D eigenvalue weighted by atomic mass is 9.91. The number of methoxy groups -OCH3 is 1. The highest BCUT2D eigenvalue weighted by Gasteiger charge is 2.31. The summed E-state index contributed by atoms with van der Waals surface area (Å²) in [4.78, 5) is 0. The molecule has 1 aromatic rings. The van der Waals surface area contributed by atoms with Gasteiger partial charge in [-0.2, -0.15) is 0 Å². The monoisotopic (exact) mass is 304 g/mol. The van der Waals surface area contributed by atoms with Gasteiger partial charge < -0.3 is 9.84 Å². The largest absolute Gasteiger partial charge is 0.390 e. The average molecular weight is 305 g/mol. The molecule has 0 fully saturated rings. The maximum atomic E-state index is 13.1. The summed E-state index contributed by atoms with van der Waals surface area (Å²) in [5.74, 6) is -0.298. The highest BCUT2D eigenvalue weighted by molar-refractivity contribution is 9.10. The van der Waals surface area contributed by atoms with Gasteiger partial charge in [0.05, 0.1) is 16.2 Å². The number of ether oxygens (including phenoxy) is 1. The molecule has 1 N–H and O–H groups in total. The predicted molar refractivity (Wildman–Crippen MR) is 69.5 cm³/mol. The Labute approximate surface area is 110 Å². The zero-order chi connectivity index (χ0) is 13.1. The molecule has 2 nitrogen and oxygen atoms in total. The summed E-state index contributed by atoms with van der Waals surface area (Å²) in [5.41, 5.74) is 0.309. The molecular formula is C13H18BrFO2. The molecule has 0 aliphatic rings. The van der Waals surface area contributed by atoms with E-state index in [9.17, 15) is 9.50 Å². The first kappa shape index (κ1) is 14.6. The van der Waals surface area contributed by atoms with E-state index in [0.29, 0.717) is 17.3 Å². The summed E-state index contributed by atoms with van der Waals surface area (Å²) >= 11 is 3.13. The van der Waals surface area contributed by atoms with Crippen LogP contribution < -0.4 is 0 Å². The first-order chi connectivity index (χ1) is 7.92. The minimum Gasteiger partial charge on any atom is -0.390 e. The molecular weight excluding hydrogens is 287 g/mol. The van der Waals surface area contributed by atoms with Crippen molar-refractivity contribution in [3.8, 4) is 0 Å². The molecule has 4 heteroatoms. The van der Waals surface area contributed by atoms with Crippen LogP contribution in [0.4, 0.5) is 4.39 Å². The Morgan fingerprint density at radius 3 is 2.65 bits per heavy atom. The van der Waals surface area contributed by atoms with Crippen molar-refractivity contribution in [2.75, 3.05) is 7.11 Å². The summed E-state index contributed by atoms with van der Waals surface area (Å²) in [5, 5.41) is 10.1. The zero-order valence-electron chi connectivity index (χ0n) is 10.3. The van der Waals surface area contributed by atoms with Gasteiger partial charge in [0.15, 0.2) is 0 Å². The van der Waals surface area contributed by atoms with Gasteiger partial charge in [-0.3, -0.25) is 0 Å². The first-order valence-corrected chi connectivity index (χ1v) is 6.39. The molecule has 0 spiro atoms. The Kier molecular flexibility index (Phi) is 5.10. The Morgan fingerprint density at radius 2 is 2.18 bits per heavy atom. The van der Waals surface area contributed by atoms with Crippen molar-refractivity contribution in [2.45, 2.75) is 38.4 Å². The Bertz CT molecular complexity index is 378. The number of hydrogen-bond donors (Lipinski definition) is 1. The smallest absolute Gasteiger partial charge is 0.137 e. The van der Waals surface area contributed by atoms with Crippen molar-refractivity contribution >= 4 is 15.9 Å². The van der Waals surface area contributed by atoms with Crippen LogP contribution in [0.2, 0.25) is 0 Å². The topological polar surface area (TPSA) is 29.5 Å². The predicted octanol–water partition coefficient (Wildman–Crippen LogP) is 3.31. The van der Waals surface area contributed by atoms with Crippen LogP contribution in [-0.4, -0.2) is 23.9 Å². The molecule has 1 rings (SSSR count). The number of aliphatic hydroxyl groups excluding tert-OH is 1. The maximum Gasteiger partial charge on any atom is 0.137 e.